The van der Waals surface area contributed by atoms with Gasteiger partial charge in [0.05, 0.1) is 0 Å². The highest BCUT2D eigenvalue weighted by molar-refractivity contribution is 5.84. The van der Waals surface area contributed by atoms with Crippen LogP contribution in [0.2, 0.25) is 0 Å². The van der Waals surface area contributed by atoms with E-state index in [0.29, 0.717) is 12.0 Å². The van der Waals surface area contributed by atoms with Gasteiger partial charge in [-0.1, -0.05) is 68.8 Å². The summed E-state index contributed by atoms with van der Waals surface area (Å²) < 4.78 is 0. The molecule has 1 aliphatic heterocycles. The minimum absolute atomic E-state index is 0.0657. The molecule has 2 aliphatic carbocycles. The van der Waals surface area contributed by atoms with Gasteiger partial charge in [-0.25, -0.2) is 0 Å². The standard InChI is InChI=1S/C26H25N/c1-26(2)22-11-5-3-8-18(22)19-15-14-17(16-23(19)26)27-24-12-6-4-9-20(24)21-10-7-13-25(21)27/h3-6,8-9,11-12,14-16,21,25H,7,10,13H2,1-2H3. The molecule has 0 radical (unpaired) electrons. The van der Waals surface area contributed by atoms with Gasteiger partial charge in [-0.2, -0.15) is 0 Å². The summed E-state index contributed by atoms with van der Waals surface area (Å²) in [6.07, 6.45) is 3.99. The molecule has 27 heavy (non-hydrogen) atoms. The maximum absolute atomic E-state index is 2.65. The van der Waals surface area contributed by atoms with Gasteiger partial charge in [0, 0.05) is 28.7 Å². The Hall–Kier alpha value is -2.54. The van der Waals surface area contributed by atoms with Crippen LogP contribution in [0.15, 0.2) is 66.7 Å². The van der Waals surface area contributed by atoms with Crippen LogP contribution >= 0.6 is 0 Å². The second-order valence-corrected chi connectivity index (χ2v) is 8.93. The summed E-state index contributed by atoms with van der Waals surface area (Å²) in [7, 11) is 0. The van der Waals surface area contributed by atoms with E-state index in [-0.39, 0.29) is 5.41 Å². The third-order valence-corrected chi connectivity index (χ3v) is 7.25. The molecule has 3 aliphatic rings. The largest absolute Gasteiger partial charge is 0.338 e. The number of anilines is 2. The minimum atomic E-state index is 0.0657. The molecule has 0 saturated heterocycles. The maximum Gasteiger partial charge on any atom is 0.0449 e. The normalized spacial score (nSPS) is 23.7. The number of rotatable bonds is 1. The van der Waals surface area contributed by atoms with Gasteiger partial charge in [-0.3, -0.25) is 0 Å². The third kappa shape index (κ3) is 1.95. The van der Waals surface area contributed by atoms with Crippen LogP contribution in [-0.2, 0) is 5.41 Å². The Labute approximate surface area is 161 Å². The summed E-state index contributed by atoms with van der Waals surface area (Å²) in [6.45, 7) is 4.75. The van der Waals surface area contributed by atoms with Gasteiger partial charge in [-0.05, 0) is 58.9 Å². The van der Waals surface area contributed by atoms with Crippen molar-refractivity contribution >= 4 is 11.4 Å². The average molecular weight is 351 g/mol. The number of benzene rings is 3. The molecule has 2 unspecified atom stereocenters. The van der Waals surface area contributed by atoms with E-state index in [4.69, 9.17) is 0 Å². The lowest BCUT2D eigenvalue weighted by molar-refractivity contribution is 0.638. The lowest BCUT2D eigenvalue weighted by atomic mass is 9.82. The van der Waals surface area contributed by atoms with Gasteiger partial charge in [-0.15, -0.1) is 0 Å². The Morgan fingerprint density at radius 1 is 0.815 bits per heavy atom. The van der Waals surface area contributed by atoms with Crippen molar-refractivity contribution in [2.45, 2.75) is 50.5 Å². The van der Waals surface area contributed by atoms with Crippen molar-refractivity contribution in [3.05, 3.63) is 83.4 Å². The monoisotopic (exact) mass is 351 g/mol. The molecular formula is C26H25N. The van der Waals surface area contributed by atoms with Crippen LogP contribution < -0.4 is 4.90 Å². The van der Waals surface area contributed by atoms with Crippen LogP contribution in [0.5, 0.6) is 0 Å². The molecular weight excluding hydrogens is 326 g/mol. The average Bonchev–Trinajstić information content (AvgIpc) is 3.33. The summed E-state index contributed by atoms with van der Waals surface area (Å²) in [5.41, 5.74) is 10.2. The molecule has 0 spiro atoms. The molecule has 0 bridgehead atoms. The van der Waals surface area contributed by atoms with Crippen molar-refractivity contribution in [2.75, 3.05) is 4.90 Å². The molecule has 1 heterocycles. The van der Waals surface area contributed by atoms with E-state index in [9.17, 15) is 0 Å². The zero-order valence-electron chi connectivity index (χ0n) is 16.1. The summed E-state index contributed by atoms with van der Waals surface area (Å²) >= 11 is 0. The van der Waals surface area contributed by atoms with E-state index in [1.54, 1.807) is 5.56 Å². The zero-order valence-corrected chi connectivity index (χ0v) is 16.1. The second-order valence-electron chi connectivity index (χ2n) is 8.93. The highest BCUT2D eigenvalue weighted by atomic mass is 15.2. The second kappa shape index (κ2) is 5.25. The fourth-order valence-electron chi connectivity index (χ4n) is 5.98. The first kappa shape index (κ1) is 15.5. The Balaban J connectivity index is 1.53. The third-order valence-electron chi connectivity index (χ3n) is 7.25. The number of hydrogen-bond donors (Lipinski definition) is 0. The lowest BCUT2D eigenvalue weighted by Gasteiger charge is -2.29. The minimum Gasteiger partial charge on any atom is -0.338 e. The molecule has 3 aromatic rings. The fourth-order valence-corrected chi connectivity index (χ4v) is 5.98. The topological polar surface area (TPSA) is 3.24 Å². The van der Waals surface area contributed by atoms with Crippen molar-refractivity contribution in [2.24, 2.45) is 0 Å². The quantitative estimate of drug-likeness (QED) is 0.467. The molecule has 0 aromatic heterocycles. The number of hydrogen-bond acceptors (Lipinski definition) is 1. The summed E-state index contributed by atoms with van der Waals surface area (Å²) in [5, 5.41) is 0. The molecule has 134 valence electrons. The molecule has 2 atom stereocenters. The lowest BCUT2D eigenvalue weighted by Crippen LogP contribution is -2.27. The maximum atomic E-state index is 2.65. The molecule has 1 nitrogen and oxygen atoms in total. The van der Waals surface area contributed by atoms with Crippen LogP contribution in [0.3, 0.4) is 0 Å². The first-order chi connectivity index (χ1) is 13.2. The van der Waals surface area contributed by atoms with Crippen LogP contribution in [0.4, 0.5) is 11.4 Å². The first-order valence-corrected chi connectivity index (χ1v) is 10.3. The molecule has 3 aromatic carbocycles. The van der Waals surface area contributed by atoms with Crippen molar-refractivity contribution < 1.29 is 0 Å². The van der Waals surface area contributed by atoms with E-state index in [1.807, 2.05) is 0 Å². The first-order valence-electron chi connectivity index (χ1n) is 10.3. The molecule has 0 amide bonds. The van der Waals surface area contributed by atoms with Gasteiger partial charge in [0.2, 0.25) is 0 Å². The van der Waals surface area contributed by atoms with Gasteiger partial charge < -0.3 is 4.90 Å². The van der Waals surface area contributed by atoms with Gasteiger partial charge in [0.1, 0.15) is 0 Å². The van der Waals surface area contributed by atoms with Crippen LogP contribution in [0.25, 0.3) is 11.1 Å². The predicted octanol–water partition coefficient (Wildman–Crippen LogP) is 6.78. The van der Waals surface area contributed by atoms with Gasteiger partial charge >= 0.3 is 0 Å². The van der Waals surface area contributed by atoms with Gasteiger partial charge in [0.25, 0.3) is 0 Å². The molecule has 1 saturated carbocycles. The van der Waals surface area contributed by atoms with Crippen LogP contribution in [0, 0.1) is 0 Å². The number of nitrogens with zero attached hydrogens (tertiary/aromatic N) is 1. The summed E-state index contributed by atoms with van der Waals surface area (Å²) in [4.78, 5) is 2.65. The zero-order chi connectivity index (χ0) is 18.2. The van der Waals surface area contributed by atoms with Gasteiger partial charge in [0.15, 0.2) is 0 Å². The summed E-state index contributed by atoms with van der Waals surface area (Å²) in [6, 6.07) is 25.8. The number of para-hydroxylation sites is 1. The van der Waals surface area contributed by atoms with Crippen molar-refractivity contribution in [1.29, 1.82) is 0 Å². The SMILES string of the molecule is CC1(C)c2ccccc2-c2ccc(N3c4ccccc4C4CCCC43)cc21. The van der Waals surface area contributed by atoms with Crippen molar-refractivity contribution in [3.8, 4) is 11.1 Å². The highest BCUT2D eigenvalue weighted by Crippen LogP contribution is 2.54. The van der Waals surface area contributed by atoms with E-state index < -0.39 is 0 Å². The van der Waals surface area contributed by atoms with Crippen molar-refractivity contribution in [3.63, 3.8) is 0 Å². The number of fused-ring (bicyclic) bond motifs is 6. The Kier molecular flexibility index (Phi) is 3.02. The Morgan fingerprint density at radius 3 is 2.52 bits per heavy atom. The molecule has 6 rings (SSSR count). The summed E-state index contributed by atoms with van der Waals surface area (Å²) in [5.74, 6) is 0.708. The predicted molar refractivity (Wildman–Crippen MR) is 113 cm³/mol. The van der Waals surface area contributed by atoms with E-state index in [0.717, 1.165) is 0 Å². The molecule has 1 heteroatoms. The molecule has 1 fully saturated rings. The van der Waals surface area contributed by atoms with E-state index in [2.05, 4.69) is 85.5 Å². The fraction of sp³-hybridized carbons (Fsp3) is 0.308. The molecule has 0 N–H and O–H groups in total. The van der Waals surface area contributed by atoms with Crippen molar-refractivity contribution in [1.82, 2.24) is 0 Å². The van der Waals surface area contributed by atoms with Crippen LogP contribution in [0.1, 0.15) is 55.7 Å². The van der Waals surface area contributed by atoms with E-state index in [1.165, 1.54) is 52.9 Å². The Morgan fingerprint density at radius 2 is 1.59 bits per heavy atom. The van der Waals surface area contributed by atoms with E-state index >= 15 is 0 Å². The van der Waals surface area contributed by atoms with Crippen LogP contribution in [-0.4, -0.2) is 6.04 Å². The smallest absolute Gasteiger partial charge is 0.0449 e. The highest BCUT2D eigenvalue weighted by Gasteiger charge is 2.43. The Bertz CT molecular complexity index is 1060.